The van der Waals surface area contributed by atoms with E-state index in [0.717, 1.165) is 17.1 Å². The Kier molecular flexibility index (Phi) is 6.46. The quantitative estimate of drug-likeness (QED) is 0.648. The van der Waals surface area contributed by atoms with Crippen molar-refractivity contribution in [2.75, 3.05) is 43.0 Å². The Bertz CT molecular complexity index is 929. The summed E-state index contributed by atoms with van der Waals surface area (Å²) in [6, 6.07) is 17.5. The summed E-state index contributed by atoms with van der Waals surface area (Å²) in [6.45, 7) is 3.27. The maximum Gasteiger partial charge on any atom is 0.248 e. The second-order valence-corrected chi connectivity index (χ2v) is 6.99. The van der Waals surface area contributed by atoms with E-state index >= 15 is 0 Å². The molecule has 8 heteroatoms. The number of amides is 1. The van der Waals surface area contributed by atoms with Crippen molar-refractivity contribution in [3.63, 3.8) is 0 Å². The fraction of sp³-hybridized carbons (Fsp3) is 0.273. The van der Waals surface area contributed by atoms with Gasteiger partial charge < -0.3 is 19.9 Å². The van der Waals surface area contributed by atoms with Gasteiger partial charge in [-0.05, 0) is 29.8 Å². The Morgan fingerprint density at radius 1 is 0.967 bits per heavy atom. The van der Waals surface area contributed by atoms with Gasteiger partial charge in [0.25, 0.3) is 0 Å². The molecule has 0 unspecified atom stereocenters. The Labute approximate surface area is 175 Å². The van der Waals surface area contributed by atoms with Crippen LogP contribution in [0, 0.1) is 0 Å². The van der Waals surface area contributed by atoms with Gasteiger partial charge in [0.2, 0.25) is 5.91 Å². The van der Waals surface area contributed by atoms with Crippen molar-refractivity contribution in [1.29, 1.82) is 0 Å². The molecule has 4 rings (SSSR count). The van der Waals surface area contributed by atoms with E-state index in [1.54, 1.807) is 12.4 Å². The van der Waals surface area contributed by atoms with E-state index in [-0.39, 0.29) is 12.5 Å². The fourth-order valence-corrected chi connectivity index (χ4v) is 3.25. The summed E-state index contributed by atoms with van der Waals surface area (Å²) in [6.07, 6.45) is 3.45. The second kappa shape index (κ2) is 9.80. The standard InChI is InChI=1S/C22H24N6O2/c29-22(17-30-16-18-5-2-1-3-6-18)28-13-11-27(12-14-28)21-9-8-20(25-26-21)24-19-7-4-10-23-15-19/h1-10,15H,11-14,16-17H2,(H,24,25). The smallest absolute Gasteiger partial charge is 0.248 e. The zero-order valence-electron chi connectivity index (χ0n) is 16.6. The second-order valence-electron chi connectivity index (χ2n) is 6.99. The van der Waals surface area contributed by atoms with E-state index in [0.29, 0.717) is 38.6 Å². The SMILES string of the molecule is O=C(COCc1ccccc1)N1CCN(c2ccc(Nc3cccnc3)nn2)CC1. The van der Waals surface area contributed by atoms with Gasteiger partial charge in [0.15, 0.2) is 11.6 Å². The number of benzene rings is 1. The maximum atomic E-state index is 12.4. The van der Waals surface area contributed by atoms with Crippen LogP contribution in [0.25, 0.3) is 0 Å². The molecule has 1 aromatic carbocycles. The number of carbonyl (C=O) groups excluding carboxylic acids is 1. The number of ether oxygens (including phenoxy) is 1. The van der Waals surface area contributed by atoms with Crippen molar-refractivity contribution in [1.82, 2.24) is 20.1 Å². The zero-order chi connectivity index (χ0) is 20.6. The van der Waals surface area contributed by atoms with Gasteiger partial charge in [-0.25, -0.2) is 0 Å². The molecule has 1 saturated heterocycles. The summed E-state index contributed by atoms with van der Waals surface area (Å²) in [5.41, 5.74) is 1.93. The molecule has 3 aromatic rings. The van der Waals surface area contributed by atoms with Crippen molar-refractivity contribution < 1.29 is 9.53 Å². The van der Waals surface area contributed by atoms with E-state index in [9.17, 15) is 4.79 Å². The lowest BCUT2D eigenvalue weighted by Crippen LogP contribution is -2.50. The molecular formula is C22H24N6O2. The van der Waals surface area contributed by atoms with Gasteiger partial charge in [-0.3, -0.25) is 9.78 Å². The fourth-order valence-electron chi connectivity index (χ4n) is 3.25. The minimum absolute atomic E-state index is 0.0210. The predicted octanol–water partition coefficient (Wildman–Crippen LogP) is 2.48. The largest absolute Gasteiger partial charge is 0.367 e. The molecule has 3 heterocycles. The van der Waals surface area contributed by atoms with E-state index in [1.807, 2.05) is 59.5 Å². The van der Waals surface area contributed by atoms with Crippen molar-refractivity contribution in [3.05, 3.63) is 72.6 Å². The molecule has 0 spiro atoms. The molecule has 1 N–H and O–H groups in total. The Morgan fingerprint density at radius 3 is 2.50 bits per heavy atom. The highest BCUT2D eigenvalue weighted by Gasteiger charge is 2.22. The van der Waals surface area contributed by atoms with Gasteiger partial charge in [0.05, 0.1) is 18.5 Å². The molecule has 0 bridgehead atoms. The highest BCUT2D eigenvalue weighted by molar-refractivity contribution is 5.77. The lowest BCUT2D eigenvalue weighted by Gasteiger charge is -2.35. The molecule has 1 aliphatic rings. The molecule has 0 radical (unpaired) electrons. The number of aromatic nitrogens is 3. The molecule has 0 atom stereocenters. The summed E-state index contributed by atoms with van der Waals surface area (Å²) in [7, 11) is 0. The van der Waals surface area contributed by atoms with Crippen LogP contribution in [0.2, 0.25) is 0 Å². The Morgan fingerprint density at radius 2 is 1.80 bits per heavy atom. The molecule has 2 aromatic heterocycles. The third-order valence-electron chi connectivity index (χ3n) is 4.88. The molecule has 8 nitrogen and oxygen atoms in total. The van der Waals surface area contributed by atoms with Gasteiger partial charge in [-0.15, -0.1) is 10.2 Å². The average molecular weight is 404 g/mol. The number of nitrogens with one attached hydrogen (secondary N) is 1. The van der Waals surface area contributed by atoms with Crippen molar-refractivity contribution >= 4 is 23.2 Å². The first-order chi connectivity index (χ1) is 14.8. The summed E-state index contributed by atoms with van der Waals surface area (Å²) in [4.78, 5) is 20.4. The summed E-state index contributed by atoms with van der Waals surface area (Å²) in [5, 5.41) is 11.7. The molecule has 1 amide bonds. The Hall–Kier alpha value is -3.52. The van der Waals surface area contributed by atoms with Crippen LogP contribution in [0.1, 0.15) is 5.56 Å². The first-order valence-corrected chi connectivity index (χ1v) is 9.93. The van der Waals surface area contributed by atoms with Crippen LogP contribution in [-0.4, -0.2) is 58.8 Å². The van der Waals surface area contributed by atoms with Gasteiger partial charge in [-0.1, -0.05) is 30.3 Å². The van der Waals surface area contributed by atoms with Gasteiger partial charge in [-0.2, -0.15) is 0 Å². The molecular weight excluding hydrogens is 380 g/mol. The molecule has 154 valence electrons. The van der Waals surface area contributed by atoms with E-state index in [4.69, 9.17) is 4.74 Å². The highest BCUT2D eigenvalue weighted by Crippen LogP contribution is 2.17. The average Bonchev–Trinajstić information content (AvgIpc) is 2.81. The van der Waals surface area contributed by atoms with Crippen molar-refractivity contribution in [2.24, 2.45) is 0 Å². The first kappa shape index (κ1) is 19.8. The monoisotopic (exact) mass is 404 g/mol. The number of carbonyl (C=O) groups is 1. The van der Waals surface area contributed by atoms with Crippen molar-refractivity contribution in [2.45, 2.75) is 6.61 Å². The summed E-state index contributed by atoms with van der Waals surface area (Å²) in [5.74, 6) is 1.49. The molecule has 30 heavy (non-hydrogen) atoms. The highest BCUT2D eigenvalue weighted by atomic mass is 16.5. The van der Waals surface area contributed by atoms with Crippen molar-refractivity contribution in [3.8, 4) is 0 Å². The lowest BCUT2D eigenvalue weighted by atomic mass is 10.2. The van der Waals surface area contributed by atoms with Crippen LogP contribution >= 0.6 is 0 Å². The van der Waals surface area contributed by atoms with Crippen LogP contribution in [-0.2, 0) is 16.1 Å². The first-order valence-electron chi connectivity index (χ1n) is 9.93. The number of rotatable bonds is 7. The third-order valence-corrected chi connectivity index (χ3v) is 4.88. The molecule has 0 saturated carbocycles. The number of anilines is 3. The summed E-state index contributed by atoms with van der Waals surface area (Å²) >= 11 is 0. The molecule has 1 aliphatic heterocycles. The lowest BCUT2D eigenvalue weighted by molar-refractivity contribution is -0.136. The van der Waals surface area contributed by atoms with E-state index in [2.05, 4.69) is 25.4 Å². The zero-order valence-corrected chi connectivity index (χ0v) is 16.6. The molecule has 0 aliphatic carbocycles. The number of pyridine rings is 1. The van der Waals surface area contributed by atoms with E-state index < -0.39 is 0 Å². The third kappa shape index (κ3) is 5.30. The van der Waals surface area contributed by atoms with Crippen LogP contribution in [0.5, 0.6) is 0 Å². The predicted molar refractivity (Wildman–Crippen MR) is 114 cm³/mol. The topological polar surface area (TPSA) is 83.5 Å². The van der Waals surface area contributed by atoms with Gasteiger partial charge >= 0.3 is 0 Å². The van der Waals surface area contributed by atoms with Gasteiger partial charge in [0.1, 0.15) is 6.61 Å². The Balaban J connectivity index is 1.22. The van der Waals surface area contributed by atoms with Crippen LogP contribution in [0.3, 0.4) is 0 Å². The van der Waals surface area contributed by atoms with Gasteiger partial charge in [0, 0.05) is 32.4 Å². The minimum Gasteiger partial charge on any atom is -0.367 e. The normalized spacial score (nSPS) is 13.9. The number of piperazine rings is 1. The van der Waals surface area contributed by atoms with Crippen LogP contribution in [0.4, 0.5) is 17.3 Å². The number of hydrogen-bond acceptors (Lipinski definition) is 7. The number of hydrogen-bond donors (Lipinski definition) is 1. The molecule has 1 fully saturated rings. The minimum atomic E-state index is 0.0210. The van der Waals surface area contributed by atoms with Crippen LogP contribution in [0.15, 0.2) is 67.0 Å². The van der Waals surface area contributed by atoms with Crippen LogP contribution < -0.4 is 10.2 Å². The van der Waals surface area contributed by atoms with E-state index in [1.165, 1.54) is 0 Å². The number of nitrogens with zero attached hydrogens (tertiary/aromatic N) is 5. The summed E-state index contributed by atoms with van der Waals surface area (Å²) < 4.78 is 5.57. The maximum absolute atomic E-state index is 12.4.